The van der Waals surface area contributed by atoms with Crippen LogP contribution in [0.3, 0.4) is 0 Å². The first-order chi connectivity index (χ1) is 22.7. The van der Waals surface area contributed by atoms with Crippen molar-refractivity contribution >= 4 is 0 Å². The molecular weight excluding hydrogens is 594 g/mol. The Bertz CT molecular complexity index is 1970. The van der Waals surface area contributed by atoms with Gasteiger partial charge in [-0.2, -0.15) is 0 Å². The highest BCUT2D eigenvalue weighted by Gasteiger charge is 2.76. The molecule has 2 saturated heterocycles. The number of phenolic OH excluding ortho intramolecular Hbond substituents is 2. The minimum absolute atomic E-state index is 0.0567. The summed E-state index contributed by atoms with van der Waals surface area (Å²) in [6.45, 7) is 5.81. The van der Waals surface area contributed by atoms with E-state index in [9.17, 15) is 20.4 Å². The Morgan fingerprint density at radius 3 is 1.79 bits per heavy atom. The van der Waals surface area contributed by atoms with E-state index in [1.807, 2.05) is 6.07 Å². The molecule has 9 nitrogen and oxygen atoms in total. The van der Waals surface area contributed by atoms with Gasteiger partial charge in [0, 0.05) is 42.6 Å². The van der Waals surface area contributed by atoms with Gasteiger partial charge in [0.2, 0.25) is 0 Å². The summed E-state index contributed by atoms with van der Waals surface area (Å²) in [5.41, 5.74) is 4.79. The summed E-state index contributed by atoms with van der Waals surface area (Å²) in [6.07, 6.45) is 5.42. The molecule has 0 amide bonds. The van der Waals surface area contributed by atoms with Crippen LogP contribution in [0.25, 0.3) is 0 Å². The fourth-order valence-corrected chi connectivity index (χ4v) is 12.9. The molecule has 4 bridgehead atoms. The number of H-pyrrole nitrogens is 1. The van der Waals surface area contributed by atoms with E-state index in [2.05, 4.69) is 27.8 Å². The molecule has 5 heterocycles. The van der Waals surface area contributed by atoms with Gasteiger partial charge in [-0.3, -0.25) is 9.80 Å². The first kappa shape index (κ1) is 26.7. The molecule has 0 radical (unpaired) electrons. The molecule has 2 spiro atoms. The van der Waals surface area contributed by atoms with E-state index < -0.39 is 34.2 Å². The van der Waals surface area contributed by atoms with Gasteiger partial charge in [0.15, 0.2) is 35.2 Å². The summed E-state index contributed by atoms with van der Waals surface area (Å²) in [4.78, 5) is 8.88. The topological polar surface area (TPSA) is 122 Å². The maximum Gasteiger partial charge on any atom is 0.166 e. The average molecular weight is 636 g/mol. The highest BCUT2D eigenvalue weighted by Crippen LogP contribution is 2.72. The van der Waals surface area contributed by atoms with Crippen LogP contribution in [0.2, 0.25) is 0 Å². The normalized spacial score (nSPS) is 41.0. The van der Waals surface area contributed by atoms with Gasteiger partial charge in [-0.1, -0.05) is 19.1 Å². The Labute approximate surface area is 273 Å². The molecule has 3 aromatic rings. The molecule has 1 aromatic heterocycles. The Kier molecular flexibility index (Phi) is 4.52. The summed E-state index contributed by atoms with van der Waals surface area (Å²) in [5, 5.41) is 49.0. The molecule has 244 valence electrons. The maximum atomic E-state index is 13.4. The molecule has 3 fully saturated rings. The van der Waals surface area contributed by atoms with Gasteiger partial charge in [-0.25, -0.2) is 0 Å². The first-order valence-corrected chi connectivity index (χ1v) is 17.9. The van der Waals surface area contributed by atoms with Crippen LogP contribution in [0.4, 0.5) is 0 Å². The van der Waals surface area contributed by atoms with Crippen LogP contribution in [0.15, 0.2) is 24.3 Å². The number of aromatic nitrogens is 1. The zero-order chi connectivity index (χ0) is 31.4. The monoisotopic (exact) mass is 635 g/mol. The van der Waals surface area contributed by atoms with Gasteiger partial charge < -0.3 is 34.9 Å². The number of hydrogen-bond acceptors (Lipinski definition) is 8. The zero-order valence-corrected chi connectivity index (χ0v) is 26.7. The van der Waals surface area contributed by atoms with Gasteiger partial charge in [-0.15, -0.1) is 0 Å². The van der Waals surface area contributed by atoms with Gasteiger partial charge in [-0.05, 0) is 98.5 Å². The van der Waals surface area contributed by atoms with Crippen LogP contribution in [-0.2, 0) is 36.5 Å². The molecule has 9 heteroatoms. The number of aromatic amines is 1. The van der Waals surface area contributed by atoms with E-state index in [-0.39, 0.29) is 23.6 Å². The Hall–Kier alpha value is -3.24. The number of piperidine rings is 2. The van der Waals surface area contributed by atoms with E-state index >= 15 is 0 Å². The van der Waals surface area contributed by atoms with Crippen molar-refractivity contribution in [1.29, 1.82) is 0 Å². The average Bonchev–Trinajstić information content (AvgIpc) is 3.54. The highest BCUT2D eigenvalue weighted by molar-refractivity contribution is 5.68. The van der Waals surface area contributed by atoms with Gasteiger partial charge in [0.25, 0.3) is 0 Å². The Balaban J connectivity index is 1.10. The van der Waals surface area contributed by atoms with E-state index in [0.717, 1.165) is 84.6 Å². The van der Waals surface area contributed by atoms with Crippen LogP contribution in [0.5, 0.6) is 23.0 Å². The van der Waals surface area contributed by atoms with Crippen LogP contribution >= 0.6 is 0 Å². The quantitative estimate of drug-likeness (QED) is 0.297. The SMILES string of the molecule is CCN1CC[C@]23c4c5ccc(O)c4O[C@H]2c2[nH]c4c(c2C[C@@]3(O)[C@H]1C5)C[C@@]1(O)[C@H]2Cc3ccc(O)c5c3[C@@]1(CCN2CC1CC1)[C@H]4O5. The van der Waals surface area contributed by atoms with E-state index in [4.69, 9.17) is 9.47 Å². The predicted octanol–water partition coefficient (Wildman–Crippen LogP) is 3.43. The fourth-order valence-electron chi connectivity index (χ4n) is 12.9. The number of nitrogens with zero attached hydrogens (tertiary/aromatic N) is 2. The highest BCUT2D eigenvalue weighted by atomic mass is 16.5. The number of hydrogen-bond donors (Lipinski definition) is 5. The number of benzene rings is 2. The zero-order valence-electron chi connectivity index (χ0n) is 26.7. The number of rotatable bonds is 3. The molecule has 5 N–H and O–H groups in total. The third-order valence-corrected chi connectivity index (χ3v) is 14.9. The molecule has 47 heavy (non-hydrogen) atoms. The minimum Gasteiger partial charge on any atom is -0.504 e. The molecule has 5 aliphatic carbocycles. The van der Waals surface area contributed by atoms with Crippen molar-refractivity contribution in [2.75, 3.05) is 26.2 Å². The summed E-state index contributed by atoms with van der Waals surface area (Å²) in [5.74, 6) is 2.02. The van der Waals surface area contributed by atoms with E-state index in [0.29, 0.717) is 36.7 Å². The third kappa shape index (κ3) is 2.65. The lowest BCUT2D eigenvalue weighted by Crippen LogP contribution is -2.75. The lowest BCUT2D eigenvalue weighted by molar-refractivity contribution is -0.175. The van der Waals surface area contributed by atoms with E-state index in [1.54, 1.807) is 12.1 Å². The summed E-state index contributed by atoms with van der Waals surface area (Å²) in [6, 6.07) is 7.46. The number of aliphatic hydroxyl groups is 2. The second kappa shape index (κ2) is 7.96. The largest absolute Gasteiger partial charge is 0.504 e. The molecule has 1 saturated carbocycles. The van der Waals surface area contributed by atoms with Crippen molar-refractivity contribution in [2.45, 2.75) is 105 Å². The Morgan fingerprint density at radius 1 is 0.766 bits per heavy atom. The Morgan fingerprint density at radius 2 is 1.28 bits per heavy atom. The second-order valence-corrected chi connectivity index (χ2v) is 16.5. The molecule has 2 aromatic carbocycles. The molecule has 12 rings (SSSR count). The number of ether oxygens (including phenoxy) is 2. The summed E-state index contributed by atoms with van der Waals surface area (Å²) in [7, 11) is 0. The number of likely N-dealkylation sites (tertiary alicyclic amines) is 2. The van der Waals surface area contributed by atoms with Gasteiger partial charge >= 0.3 is 0 Å². The van der Waals surface area contributed by atoms with Crippen LogP contribution in [0.1, 0.15) is 89.6 Å². The molecule has 9 aliphatic rings. The summed E-state index contributed by atoms with van der Waals surface area (Å²) < 4.78 is 13.8. The fraction of sp³-hybridized carbons (Fsp3) is 0.579. The number of likely N-dealkylation sites (N-methyl/N-ethyl adjacent to an activating group) is 1. The van der Waals surface area contributed by atoms with Crippen molar-refractivity contribution in [3.63, 3.8) is 0 Å². The van der Waals surface area contributed by atoms with Crippen molar-refractivity contribution in [3.8, 4) is 23.0 Å². The molecule has 4 aliphatic heterocycles. The lowest BCUT2D eigenvalue weighted by Gasteiger charge is -2.63. The summed E-state index contributed by atoms with van der Waals surface area (Å²) >= 11 is 0. The van der Waals surface area contributed by atoms with Crippen LogP contribution in [-0.4, -0.2) is 84.7 Å². The van der Waals surface area contributed by atoms with Crippen molar-refractivity contribution in [3.05, 3.63) is 69.0 Å². The molecule has 8 atom stereocenters. The van der Waals surface area contributed by atoms with Crippen molar-refractivity contribution in [2.24, 2.45) is 5.92 Å². The standard InChI is InChI=1S/C38H41N3O6/c1-2-40-11-9-35-27-19-5-7-23(42)31(27)46-33(35)29-21(15-37(35,44)25(40)13-19)22-16-38(45)26-14-20-6-8-24(43)32-28(20)36(38,34(47-32)30(22)39-29)10-12-41(26)17-18-3-4-18/h5-8,18,25-26,33-34,39,42-45H,2-4,9-17H2,1H3/t25-,26-,33+,34+,35+,36+,37-,38-/m1/s1. The van der Waals surface area contributed by atoms with Crippen LogP contribution < -0.4 is 9.47 Å². The smallest absolute Gasteiger partial charge is 0.166 e. The van der Waals surface area contributed by atoms with E-state index in [1.165, 1.54) is 18.4 Å². The predicted molar refractivity (Wildman–Crippen MR) is 170 cm³/mol. The number of nitrogens with one attached hydrogen (secondary N) is 1. The van der Waals surface area contributed by atoms with Crippen molar-refractivity contribution < 1.29 is 29.9 Å². The second-order valence-electron chi connectivity index (χ2n) is 16.5. The van der Waals surface area contributed by atoms with Crippen molar-refractivity contribution in [1.82, 2.24) is 14.8 Å². The minimum atomic E-state index is -1.11. The number of fused-ring (bicyclic) bond motifs is 5. The third-order valence-electron chi connectivity index (χ3n) is 14.9. The molecular formula is C38H41N3O6. The first-order valence-electron chi connectivity index (χ1n) is 17.9. The number of phenols is 2. The lowest BCUT2D eigenvalue weighted by atomic mass is 9.47. The van der Waals surface area contributed by atoms with Gasteiger partial charge in [0.1, 0.15) is 0 Å². The molecule has 0 unspecified atom stereocenters. The van der Waals surface area contributed by atoms with Gasteiger partial charge in [0.05, 0.1) is 33.4 Å². The number of aromatic hydroxyl groups is 2. The van der Waals surface area contributed by atoms with Crippen LogP contribution in [0, 0.1) is 5.92 Å². The maximum absolute atomic E-state index is 13.4.